The Labute approximate surface area is 222 Å². The Balaban J connectivity index is 2.09. The zero-order chi connectivity index (χ0) is 27.6. The van der Waals surface area contributed by atoms with Crippen LogP contribution in [-0.4, -0.2) is 59.4 Å². The monoisotopic (exact) mass is 533 g/mol. The van der Waals surface area contributed by atoms with E-state index in [4.69, 9.17) is 27.8 Å². The molecule has 0 saturated heterocycles. The largest absolute Gasteiger partial charge is 0.497 e. The lowest BCUT2D eigenvalue weighted by molar-refractivity contribution is 0.0412. The minimum absolute atomic E-state index is 0.0517. The minimum atomic E-state index is -2.07. The molecule has 3 atom stereocenters. The van der Waals surface area contributed by atoms with Crippen molar-refractivity contribution in [2.45, 2.75) is 77.0 Å². The van der Waals surface area contributed by atoms with Crippen LogP contribution in [0, 0.1) is 0 Å². The molecule has 9 heteroatoms. The third-order valence-corrected chi connectivity index (χ3v) is 11.4. The second kappa shape index (κ2) is 13.9. The summed E-state index contributed by atoms with van der Waals surface area (Å²) in [7, 11) is 2.56. The summed E-state index contributed by atoms with van der Waals surface area (Å²) < 4.78 is 33.9. The van der Waals surface area contributed by atoms with Crippen molar-refractivity contribution >= 4 is 14.3 Å². The lowest BCUT2D eigenvalue weighted by atomic mass is 9.98. The fraction of sp³-hybridized carbons (Fsp3) is 0.571. The maximum atomic E-state index is 11.8. The zero-order valence-electron chi connectivity index (χ0n) is 23.7. The number of esters is 1. The number of ether oxygens (including phenoxy) is 4. The van der Waals surface area contributed by atoms with E-state index in [0.717, 1.165) is 11.3 Å². The van der Waals surface area contributed by atoms with E-state index in [-0.39, 0.29) is 28.9 Å². The molecule has 0 unspecified atom stereocenters. The van der Waals surface area contributed by atoms with Gasteiger partial charge in [0, 0.05) is 13.5 Å². The predicted molar refractivity (Wildman–Crippen MR) is 146 cm³/mol. The first-order valence-electron chi connectivity index (χ1n) is 12.5. The van der Waals surface area contributed by atoms with Gasteiger partial charge in [0.25, 0.3) is 0 Å². The number of methoxy groups -OCH3 is 3. The van der Waals surface area contributed by atoms with Gasteiger partial charge in [0.15, 0.2) is 19.9 Å². The van der Waals surface area contributed by atoms with Crippen LogP contribution in [0.2, 0.25) is 18.1 Å². The fourth-order valence-corrected chi connectivity index (χ4v) is 4.77. The molecule has 0 aliphatic rings. The first kappa shape index (κ1) is 30.8. The van der Waals surface area contributed by atoms with Crippen molar-refractivity contribution in [2.24, 2.45) is 0 Å². The van der Waals surface area contributed by atoms with Crippen molar-refractivity contribution in [2.75, 3.05) is 27.9 Å². The highest BCUT2D eigenvalue weighted by atomic mass is 28.4. The molecule has 0 aliphatic carbocycles. The van der Waals surface area contributed by atoms with Crippen molar-refractivity contribution in [3.63, 3.8) is 0 Å². The molecule has 1 aromatic carbocycles. The van der Waals surface area contributed by atoms with Crippen molar-refractivity contribution in [3.05, 3.63) is 59.8 Å². The molecule has 8 nitrogen and oxygen atoms in total. The van der Waals surface area contributed by atoms with E-state index in [2.05, 4.69) is 44.9 Å². The second-order valence-electron chi connectivity index (χ2n) is 10.6. The maximum Gasteiger partial charge on any atom is 0.360 e. The summed E-state index contributed by atoms with van der Waals surface area (Å²) in [6, 6.07) is 7.83. The van der Waals surface area contributed by atoms with E-state index in [9.17, 15) is 4.79 Å². The van der Waals surface area contributed by atoms with E-state index >= 15 is 0 Å². The van der Waals surface area contributed by atoms with Crippen molar-refractivity contribution in [3.8, 4) is 5.75 Å². The Kier molecular flexibility index (Phi) is 11.6. The molecule has 37 heavy (non-hydrogen) atoms. The molecule has 0 aliphatic heterocycles. The fourth-order valence-electron chi connectivity index (χ4n) is 3.48. The lowest BCUT2D eigenvalue weighted by Gasteiger charge is -2.39. The molecule has 0 spiro atoms. The van der Waals surface area contributed by atoms with Crippen molar-refractivity contribution < 1.29 is 32.6 Å². The van der Waals surface area contributed by atoms with Gasteiger partial charge >= 0.3 is 5.97 Å². The van der Waals surface area contributed by atoms with Gasteiger partial charge in [-0.15, -0.1) is 0 Å². The predicted octanol–water partition coefficient (Wildman–Crippen LogP) is 6.14. The number of carbonyl (C=O) groups is 1. The molecule has 0 bridgehead atoms. The molecule has 0 amide bonds. The normalized spacial score (nSPS) is 14.9. The third-order valence-electron chi connectivity index (χ3n) is 6.88. The van der Waals surface area contributed by atoms with Crippen LogP contribution < -0.4 is 4.74 Å². The van der Waals surface area contributed by atoms with Gasteiger partial charge in [0.1, 0.15) is 12.0 Å². The summed E-state index contributed by atoms with van der Waals surface area (Å²) in [5.74, 6) is 0.508. The first-order chi connectivity index (χ1) is 17.4. The zero-order valence-corrected chi connectivity index (χ0v) is 24.7. The number of nitrogens with zero attached hydrogens (tertiary/aromatic N) is 1. The van der Waals surface area contributed by atoms with Crippen LogP contribution in [0.1, 0.15) is 62.0 Å². The van der Waals surface area contributed by atoms with Gasteiger partial charge < -0.3 is 27.8 Å². The van der Waals surface area contributed by atoms with Crippen LogP contribution in [0.5, 0.6) is 5.75 Å². The van der Waals surface area contributed by atoms with Crippen molar-refractivity contribution in [1.29, 1.82) is 0 Å². The second-order valence-corrected chi connectivity index (χ2v) is 15.3. The van der Waals surface area contributed by atoms with Crippen LogP contribution >= 0.6 is 0 Å². The molecule has 206 valence electrons. The molecule has 1 heterocycles. The van der Waals surface area contributed by atoms with Crippen molar-refractivity contribution in [1.82, 2.24) is 4.98 Å². The van der Waals surface area contributed by atoms with Crippen LogP contribution in [0.15, 0.2) is 47.1 Å². The number of carbonyl (C=O) groups excluding carboxylic acids is 1. The average molecular weight is 534 g/mol. The number of hydrogen-bond donors (Lipinski definition) is 0. The summed E-state index contributed by atoms with van der Waals surface area (Å²) in [6.07, 6.45) is 5.53. The van der Waals surface area contributed by atoms with Gasteiger partial charge in [0.2, 0.25) is 0 Å². The molecular weight excluding hydrogens is 490 g/mol. The Morgan fingerprint density at radius 1 is 1.14 bits per heavy atom. The number of rotatable bonds is 14. The molecule has 0 radical (unpaired) electrons. The number of aromatic nitrogens is 1. The van der Waals surface area contributed by atoms with E-state index in [1.807, 2.05) is 37.3 Å². The van der Waals surface area contributed by atoms with Gasteiger partial charge in [-0.2, -0.15) is 0 Å². The van der Waals surface area contributed by atoms with Crippen LogP contribution in [0.4, 0.5) is 0 Å². The highest BCUT2D eigenvalue weighted by Crippen LogP contribution is 2.38. The number of hydrogen-bond acceptors (Lipinski definition) is 8. The third kappa shape index (κ3) is 9.10. The topological polar surface area (TPSA) is 89.3 Å². The summed E-state index contributed by atoms with van der Waals surface area (Å²) in [5.41, 5.74) is 1.22. The highest BCUT2D eigenvalue weighted by molar-refractivity contribution is 6.74. The van der Waals surface area contributed by atoms with E-state index < -0.39 is 14.3 Å². The minimum Gasteiger partial charge on any atom is -0.497 e. The quantitative estimate of drug-likeness (QED) is 0.124. The number of benzene rings is 1. The molecular formula is C28H43NO7Si. The molecule has 2 aromatic rings. The van der Waals surface area contributed by atoms with Gasteiger partial charge in [-0.05, 0) is 35.8 Å². The Morgan fingerprint density at radius 2 is 1.81 bits per heavy atom. The summed E-state index contributed by atoms with van der Waals surface area (Å²) >= 11 is 0. The van der Waals surface area contributed by atoms with Gasteiger partial charge in [-0.3, -0.25) is 0 Å². The summed E-state index contributed by atoms with van der Waals surface area (Å²) in [6.45, 7) is 14.0. The average Bonchev–Trinajstić information content (AvgIpc) is 3.36. The SMILES string of the molecule is COC(=O)c1coc([C@H](C)[C@@H](C[C@H](/C=C/COCc2ccc(OC)cc2)O[Si](C)(C)C(C)(C)C)OC)n1. The molecule has 0 saturated carbocycles. The summed E-state index contributed by atoms with van der Waals surface area (Å²) in [4.78, 5) is 16.1. The van der Waals surface area contributed by atoms with E-state index in [1.54, 1.807) is 14.2 Å². The molecule has 1 aromatic heterocycles. The van der Waals surface area contributed by atoms with Crippen LogP contribution in [-0.2, 0) is 25.2 Å². The Morgan fingerprint density at radius 3 is 2.38 bits per heavy atom. The van der Waals surface area contributed by atoms with Gasteiger partial charge in [-0.25, -0.2) is 9.78 Å². The van der Waals surface area contributed by atoms with Gasteiger partial charge in [-0.1, -0.05) is 52.0 Å². The standard InChI is InChI=1S/C28H43NO7Si/c1-20(26-29-24(19-35-26)27(30)33-7)25(32-6)17-23(36-37(8,9)28(2,3)4)11-10-16-34-18-21-12-14-22(31-5)15-13-21/h10-15,19-20,23,25H,16-18H2,1-9H3/b11-10+/t20-,23+,25-/m1/s1. The lowest BCUT2D eigenvalue weighted by Crippen LogP contribution is -2.44. The molecule has 2 rings (SSSR count). The van der Waals surface area contributed by atoms with Crippen LogP contribution in [0.3, 0.4) is 0 Å². The van der Waals surface area contributed by atoms with Crippen LogP contribution in [0.25, 0.3) is 0 Å². The summed E-state index contributed by atoms with van der Waals surface area (Å²) in [5, 5.41) is 0.0517. The first-order valence-corrected chi connectivity index (χ1v) is 15.4. The smallest absolute Gasteiger partial charge is 0.360 e. The maximum absolute atomic E-state index is 11.8. The van der Waals surface area contributed by atoms with E-state index in [1.165, 1.54) is 13.4 Å². The van der Waals surface area contributed by atoms with E-state index in [0.29, 0.717) is 25.5 Å². The highest BCUT2D eigenvalue weighted by Gasteiger charge is 2.39. The Hall–Kier alpha value is -2.46. The number of oxazole rings is 1. The molecule has 0 N–H and O–H groups in total. The Bertz CT molecular complexity index is 995. The van der Waals surface area contributed by atoms with Gasteiger partial charge in [0.05, 0.1) is 45.6 Å². The molecule has 0 fully saturated rings.